The van der Waals surface area contributed by atoms with Gasteiger partial charge in [0.25, 0.3) is 5.91 Å². The van der Waals surface area contributed by atoms with Gasteiger partial charge in [0.2, 0.25) is 11.8 Å². The summed E-state index contributed by atoms with van der Waals surface area (Å²) in [5.74, 6) is -2.06. The predicted octanol–water partition coefficient (Wildman–Crippen LogP) is 5.37. The average Bonchev–Trinajstić information content (AvgIpc) is 2.81. The van der Waals surface area contributed by atoms with Crippen molar-refractivity contribution in [3.63, 3.8) is 0 Å². The number of benzene rings is 2. The summed E-state index contributed by atoms with van der Waals surface area (Å²) in [6.07, 6.45) is 0.220. The highest BCUT2D eigenvalue weighted by atomic mass is 35.5. The van der Waals surface area contributed by atoms with Gasteiger partial charge in [-0.05, 0) is 77.3 Å². The number of halogens is 1. The van der Waals surface area contributed by atoms with Crippen molar-refractivity contribution in [1.29, 1.82) is 0 Å². The van der Waals surface area contributed by atoms with E-state index in [0.717, 1.165) is 11.1 Å². The normalized spacial score (nSPS) is 13.0. The van der Waals surface area contributed by atoms with Gasteiger partial charge in [0.05, 0.1) is 17.1 Å². The minimum absolute atomic E-state index is 0.332. The van der Waals surface area contributed by atoms with Crippen molar-refractivity contribution in [2.24, 2.45) is 5.73 Å². The van der Waals surface area contributed by atoms with E-state index in [-0.39, 0.29) is 0 Å². The minimum Gasteiger partial charge on any atom is -0.444 e. The second kappa shape index (κ2) is 13.0. The van der Waals surface area contributed by atoms with Crippen LogP contribution < -0.4 is 16.4 Å². The largest absolute Gasteiger partial charge is 0.444 e. The number of hydrogen-bond donors (Lipinski definition) is 3. The third-order valence-electron chi connectivity index (χ3n) is 5.79. The zero-order chi connectivity index (χ0) is 30.4. The van der Waals surface area contributed by atoms with Gasteiger partial charge in [0.1, 0.15) is 17.7 Å². The Morgan fingerprint density at radius 2 is 1.70 bits per heavy atom. The van der Waals surface area contributed by atoms with Crippen molar-refractivity contribution in [2.75, 3.05) is 5.32 Å². The van der Waals surface area contributed by atoms with Gasteiger partial charge >= 0.3 is 6.09 Å². The molecular weight excluding hydrogens is 532 g/mol. The Hall–Kier alpha value is -3.85. The molecule has 0 radical (unpaired) electrons. The molecule has 0 aliphatic heterocycles. The van der Waals surface area contributed by atoms with E-state index in [2.05, 4.69) is 17.2 Å². The van der Waals surface area contributed by atoms with Gasteiger partial charge in [-0.3, -0.25) is 14.4 Å². The first-order chi connectivity index (χ1) is 18.4. The molecule has 216 valence electrons. The van der Waals surface area contributed by atoms with Crippen LogP contribution >= 0.6 is 11.6 Å². The molecule has 0 aliphatic carbocycles. The molecule has 0 fully saturated rings. The number of rotatable bonds is 9. The lowest BCUT2D eigenvalue weighted by molar-refractivity contribution is -0.147. The van der Waals surface area contributed by atoms with Gasteiger partial charge in [0.15, 0.2) is 0 Å². The van der Waals surface area contributed by atoms with E-state index in [0.29, 0.717) is 16.3 Å². The molecule has 9 nitrogen and oxygen atoms in total. The number of alkyl carbamates (subject to hydrolysis) is 1. The quantitative estimate of drug-likeness (QED) is 0.373. The summed E-state index contributed by atoms with van der Waals surface area (Å²) in [5, 5.41) is 5.68. The van der Waals surface area contributed by atoms with E-state index in [4.69, 9.17) is 22.1 Å². The standard InChI is InChI=1S/C30H39ClN4O5/c1-9-19-13-11-14-20(16-19)25(26(37)34-24-18(2)12-10-15-21(24)31)35(29(3,4)5)27(38)22(17-23(32)36)33-28(39)40-30(6,7)8/h9-16,22,25H,1,17H2,2-8H3,(H2,32,36)(H,33,39)(H,34,37). The monoisotopic (exact) mass is 570 g/mol. The molecule has 0 spiro atoms. The Labute approximate surface area is 241 Å². The van der Waals surface area contributed by atoms with Crippen LogP contribution in [0.1, 0.15) is 70.7 Å². The Morgan fingerprint density at radius 3 is 2.23 bits per heavy atom. The van der Waals surface area contributed by atoms with E-state index in [1.807, 2.05) is 6.07 Å². The molecule has 0 bridgehead atoms. The Bertz CT molecular complexity index is 1260. The van der Waals surface area contributed by atoms with Crippen LogP contribution in [0.15, 0.2) is 49.0 Å². The number of para-hydroxylation sites is 1. The van der Waals surface area contributed by atoms with E-state index >= 15 is 0 Å². The molecule has 4 N–H and O–H groups in total. The summed E-state index contributed by atoms with van der Waals surface area (Å²) in [6, 6.07) is 9.64. The second-order valence-electron chi connectivity index (χ2n) is 11.4. The lowest BCUT2D eigenvalue weighted by atomic mass is 9.94. The maximum atomic E-state index is 14.2. The zero-order valence-electron chi connectivity index (χ0n) is 24.1. The molecule has 2 aromatic carbocycles. The number of amides is 4. The highest BCUT2D eigenvalue weighted by Gasteiger charge is 2.42. The number of primary amides is 1. The molecule has 2 unspecified atom stereocenters. The number of nitrogens with one attached hydrogen (secondary N) is 2. The third kappa shape index (κ3) is 8.84. The van der Waals surface area contributed by atoms with Crippen molar-refractivity contribution in [2.45, 2.75) is 78.1 Å². The molecule has 4 amide bonds. The molecule has 0 saturated carbocycles. The molecule has 0 aliphatic rings. The fourth-order valence-corrected chi connectivity index (χ4v) is 4.39. The fourth-order valence-electron chi connectivity index (χ4n) is 4.12. The van der Waals surface area contributed by atoms with Crippen LogP contribution in [0.25, 0.3) is 6.08 Å². The van der Waals surface area contributed by atoms with Gasteiger partial charge in [-0.25, -0.2) is 4.79 Å². The molecule has 0 saturated heterocycles. The molecule has 2 aromatic rings. The van der Waals surface area contributed by atoms with E-state index in [1.165, 1.54) is 4.90 Å². The number of nitrogens with two attached hydrogens (primary N) is 1. The van der Waals surface area contributed by atoms with E-state index in [1.54, 1.807) is 90.9 Å². The van der Waals surface area contributed by atoms with Crippen molar-refractivity contribution in [1.82, 2.24) is 10.2 Å². The maximum absolute atomic E-state index is 14.2. The topological polar surface area (TPSA) is 131 Å². The van der Waals surface area contributed by atoms with Gasteiger partial charge in [-0.15, -0.1) is 0 Å². The molecule has 2 atom stereocenters. The van der Waals surface area contributed by atoms with Crippen molar-refractivity contribution in [3.05, 3.63) is 70.8 Å². The maximum Gasteiger partial charge on any atom is 0.408 e. The Balaban J connectivity index is 2.68. The number of anilines is 1. The second-order valence-corrected chi connectivity index (χ2v) is 11.9. The van der Waals surface area contributed by atoms with Crippen LogP contribution in [0, 0.1) is 6.92 Å². The van der Waals surface area contributed by atoms with Crippen LogP contribution in [0.4, 0.5) is 10.5 Å². The highest BCUT2D eigenvalue weighted by molar-refractivity contribution is 6.34. The van der Waals surface area contributed by atoms with Gasteiger partial charge in [-0.2, -0.15) is 0 Å². The number of hydrogen-bond acceptors (Lipinski definition) is 5. The minimum atomic E-state index is -1.40. The highest BCUT2D eigenvalue weighted by Crippen LogP contribution is 2.33. The first-order valence-corrected chi connectivity index (χ1v) is 13.2. The number of nitrogens with zero attached hydrogens (tertiary/aromatic N) is 1. The van der Waals surface area contributed by atoms with Crippen molar-refractivity contribution >= 4 is 47.2 Å². The van der Waals surface area contributed by atoms with Crippen LogP contribution in [0.3, 0.4) is 0 Å². The molecule has 2 rings (SSSR count). The summed E-state index contributed by atoms with van der Waals surface area (Å²) in [4.78, 5) is 54.2. The first kappa shape index (κ1) is 32.4. The van der Waals surface area contributed by atoms with Crippen LogP contribution in [0.2, 0.25) is 5.02 Å². The van der Waals surface area contributed by atoms with E-state index in [9.17, 15) is 19.2 Å². The van der Waals surface area contributed by atoms with E-state index < -0.39 is 53.5 Å². The molecule has 40 heavy (non-hydrogen) atoms. The average molecular weight is 571 g/mol. The van der Waals surface area contributed by atoms with Crippen LogP contribution in [0.5, 0.6) is 0 Å². The zero-order valence-corrected chi connectivity index (χ0v) is 24.9. The summed E-state index contributed by atoms with van der Waals surface area (Å²) < 4.78 is 5.32. The Morgan fingerprint density at radius 1 is 1.07 bits per heavy atom. The van der Waals surface area contributed by atoms with Gasteiger partial charge in [-0.1, -0.05) is 54.6 Å². The Kier molecular flexibility index (Phi) is 10.5. The van der Waals surface area contributed by atoms with Crippen molar-refractivity contribution < 1.29 is 23.9 Å². The first-order valence-electron chi connectivity index (χ1n) is 12.8. The number of carbonyl (C=O) groups is 4. The van der Waals surface area contributed by atoms with Gasteiger partial charge in [0, 0.05) is 5.54 Å². The van der Waals surface area contributed by atoms with Gasteiger partial charge < -0.3 is 26.0 Å². The predicted molar refractivity (Wildman–Crippen MR) is 158 cm³/mol. The third-order valence-corrected chi connectivity index (χ3v) is 6.11. The summed E-state index contributed by atoms with van der Waals surface area (Å²) in [5.41, 5.74) is 5.98. The van der Waals surface area contributed by atoms with Crippen molar-refractivity contribution in [3.8, 4) is 0 Å². The number of aryl methyl sites for hydroxylation is 1. The van der Waals surface area contributed by atoms with Crippen LogP contribution in [-0.2, 0) is 19.1 Å². The molecule has 10 heteroatoms. The SMILES string of the molecule is C=Cc1cccc(C(C(=O)Nc2c(C)cccc2Cl)N(C(=O)C(CC(N)=O)NC(=O)OC(C)(C)C)C(C)(C)C)c1. The summed E-state index contributed by atoms with van der Waals surface area (Å²) in [6.45, 7) is 15.9. The smallest absolute Gasteiger partial charge is 0.408 e. The lowest BCUT2D eigenvalue weighted by Crippen LogP contribution is -2.58. The lowest BCUT2D eigenvalue weighted by Gasteiger charge is -2.43. The number of ether oxygens (including phenoxy) is 1. The number of carbonyl (C=O) groups excluding carboxylic acids is 4. The van der Waals surface area contributed by atoms with Crippen LogP contribution in [-0.4, -0.2) is 45.9 Å². The summed E-state index contributed by atoms with van der Waals surface area (Å²) in [7, 11) is 0. The summed E-state index contributed by atoms with van der Waals surface area (Å²) >= 11 is 6.40. The molecule has 0 heterocycles. The molecule has 0 aromatic heterocycles. The molecular formula is C30H39ClN4O5. The fraction of sp³-hybridized carbons (Fsp3) is 0.400.